The molecule has 0 bridgehead atoms. The van der Waals surface area contributed by atoms with Crippen LogP contribution in [0, 0.1) is 0 Å². The molecule has 0 radical (unpaired) electrons. The molecule has 0 saturated heterocycles. The predicted octanol–water partition coefficient (Wildman–Crippen LogP) is 4.41. The lowest BCUT2D eigenvalue weighted by atomic mass is 9.39. The summed E-state index contributed by atoms with van der Waals surface area (Å²) in [5.41, 5.74) is 1.94. The second-order valence-corrected chi connectivity index (χ2v) is 8.23. The van der Waals surface area contributed by atoms with Crippen molar-refractivity contribution in [2.75, 3.05) is 9.62 Å². The third-order valence-electron chi connectivity index (χ3n) is 7.22. The number of aromatic nitrogens is 4. The fourth-order valence-electron chi connectivity index (χ4n) is 5.57. The molecule has 30 heavy (non-hydrogen) atoms. The second-order valence-electron chi connectivity index (χ2n) is 8.23. The molecule has 2 aliphatic heterocycles. The van der Waals surface area contributed by atoms with Gasteiger partial charge in [-0.25, -0.2) is 0 Å². The first-order valence-corrected chi connectivity index (χ1v) is 10.6. The third-order valence-corrected chi connectivity index (χ3v) is 7.22. The van der Waals surface area contributed by atoms with Crippen molar-refractivity contribution in [3.63, 3.8) is 0 Å². The largest absolute Gasteiger partial charge is 0.519 e. The minimum atomic E-state index is -0.345. The van der Waals surface area contributed by atoms with Gasteiger partial charge in [-0.1, -0.05) is 44.6 Å². The molecule has 5 rings (SSSR count). The number of anilines is 4. The van der Waals surface area contributed by atoms with Gasteiger partial charge in [0.25, 0.3) is 5.82 Å². The molecule has 1 aromatic carbocycles. The van der Waals surface area contributed by atoms with Gasteiger partial charge < -0.3 is 4.81 Å². The van der Waals surface area contributed by atoms with E-state index in [4.69, 9.17) is 5.10 Å². The van der Waals surface area contributed by atoms with Crippen LogP contribution in [-0.4, -0.2) is 22.3 Å². The minimum absolute atomic E-state index is 0.0127. The predicted molar refractivity (Wildman–Crippen MR) is 120 cm³/mol. The molecule has 0 spiro atoms. The second kappa shape index (κ2) is 6.66. The number of para-hydroxylation sites is 2. The molecule has 2 aliphatic rings. The molecule has 0 saturated carbocycles. The van der Waals surface area contributed by atoms with Crippen LogP contribution < -0.4 is 14.3 Å². The maximum Gasteiger partial charge on any atom is 0.519 e. The summed E-state index contributed by atoms with van der Waals surface area (Å²) in [6.07, 6.45) is 7.53. The Morgan fingerprint density at radius 2 is 1.73 bits per heavy atom. The highest BCUT2D eigenvalue weighted by Crippen LogP contribution is 2.60. The SMILES string of the molecule is C=CC1(CC)[n+]2ncccc2N2B(N(c3cccnn3)c3ccccc32)C1(C)CC. The molecule has 4 heterocycles. The first-order chi connectivity index (χ1) is 14.6. The van der Waals surface area contributed by atoms with Crippen LogP contribution in [0.5, 0.6) is 0 Å². The van der Waals surface area contributed by atoms with Crippen LogP contribution in [-0.2, 0) is 5.54 Å². The van der Waals surface area contributed by atoms with E-state index in [-0.39, 0.29) is 17.8 Å². The van der Waals surface area contributed by atoms with Crippen molar-refractivity contribution >= 4 is 30.0 Å². The third kappa shape index (κ3) is 2.15. The van der Waals surface area contributed by atoms with Gasteiger partial charge in [-0.2, -0.15) is 5.10 Å². The molecule has 7 heteroatoms. The summed E-state index contributed by atoms with van der Waals surface area (Å²) in [5.74, 6) is 1.91. The Labute approximate surface area is 178 Å². The molecule has 0 N–H and O–H groups in total. The number of nitrogens with zero attached hydrogens (tertiary/aromatic N) is 6. The summed E-state index contributed by atoms with van der Waals surface area (Å²) in [4.78, 5) is 4.76. The van der Waals surface area contributed by atoms with E-state index in [1.807, 2.05) is 24.4 Å². The lowest BCUT2D eigenvalue weighted by molar-refractivity contribution is -0.800. The van der Waals surface area contributed by atoms with Crippen LogP contribution in [0.2, 0.25) is 5.31 Å². The minimum Gasteiger partial charge on any atom is -0.323 e. The van der Waals surface area contributed by atoms with Crippen molar-refractivity contribution in [3.05, 3.63) is 73.6 Å². The van der Waals surface area contributed by atoms with Crippen LogP contribution in [0.15, 0.2) is 73.6 Å². The van der Waals surface area contributed by atoms with Gasteiger partial charge in [0.05, 0.1) is 17.2 Å². The molecule has 2 atom stereocenters. The number of benzene rings is 1. The standard InChI is InChI=1S/C23H26BN6/c1-5-22(4)23(6-2,7-3)30-21(15-11-17-26-30)29-19-13-9-8-12-18(19)28(24(22)29)20-14-10-16-25-27-20/h6,8-17H,2,5,7H2,1,3-4H3/q+1. The molecular formula is C23H26BN6+. The lowest BCUT2D eigenvalue weighted by Crippen LogP contribution is -2.75. The quantitative estimate of drug-likeness (QED) is 0.371. The van der Waals surface area contributed by atoms with Crippen molar-refractivity contribution in [3.8, 4) is 0 Å². The van der Waals surface area contributed by atoms with Gasteiger partial charge in [0.1, 0.15) is 11.5 Å². The molecular weight excluding hydrogens is 371 g/mol. The van der Waals surface area contributed by atoms with Gasteiger partial charge in [-0.05, 0) is 49.2 Å². The number of allylic oxidation sites excluding steroid dienone is 1. The van der Waals surface area contributed by atoms with Crippen LogP contribution in [0.25, 0.3) is 0 Å². The van der Waals surface area contributed by atoms with Crippen LogP contribution in [0.1, 0.15) is 33.6 Å². The number of hydrogen-bond donors (Lipinski definition) is 0. The summed E-state index contributed by atoms with van der Waals surface area (Å²) >= 11 is 0. The van der Waals surface area contributed by atoms with E-state index in [2.05, 4.69) is 88.3 Å². The molecule has 0 amide bonds. The monoisotopic (exact) mass is 397 g/mol. The summed E-state index contributed by atoms with van der Waals surface area (Å²) < 4.78 is 2.18. The first-order valence-electron chi connectivity index (χ1n) is 10.6. The van der Waals surface area contributed by atoms with Gasteiger partial charge in [0, 0.05) is 12.3 Å². The maximum atomic E-state index is 4.85. The highest BCUT2D eigenvalue weighted by Gasteiger charge is 2.72. The Hall–Kier alpha value is -3.22. The lowest BCUT2D eigenvalue weighted by Gasteiger charge is -2.50. The smallest absolute Gasteiger partial charge is 0.323 e. The average Bonchev–Trinajstić information content (AvgIpc) is 3.16. The normalized spacial score (nSPS) is 24.3. The first kappa shape index (κ1) is 18.8. The van der Waals surface area contributed by atoms with Crippen LogP contribution in [0.3, 0.4) is 0 Å². The zero-order valence-corrected chi connectivity index (χ0v) is 17.7. The Morgan fingerprint density at radius 3 is 2.37 bits per heavy atom. The van der Waals surface area contributed by atoms with E-state index in [9.17, 15) is 0 Å². The number of hydrogen-bond acceptors (Lipinski definition) is 5. The molecule has 2 unspecified atom stereocenters. The van der Waals surface area contributed by atoms with Gasteiger partial charge in [0.2, 0.25) is 0 Å². The van der Waals surface area contributed by atoms with E-state index in [1.165, 1.54) is 0 Å². The van der Waals surface area contributed by atoms with Crippen molar-refractivity contribution in [1.82, 2.24) is 15.3 Å². The topological polar surface area (TPSA) is 49.0 Å². The van der Waals surface area contributed by atoms with E-state index >= 15 is 0 Å². The molecule has 0 aliphatic carbocycles. The van der Waals surface area contributed by atoms with Crippen molar-refractivity contribution in [2.45, 2.75) is 44.5 Å². The van der Waals surface area contributed by atoms with Gasteiger partial charge in [-0.15, -0.1) is 9.78 Å². The molecule has 6 nitrogen and oxygen atoms in total. The summed E-state index contributed by atoms with van der Waals surface area (Å²) in [7, 11) is 0. The maximum absolute atomic E-state index is 4.85. The Kier molecular flexibility index (Phi) is 4.17. The highest BCUT2D eigenvalue weighted by atomic mass is 15.5. The van der Waals surface area contributed by atoms with Gasteiger partial charge >= 0.3 is 6.98 Å². The summed E-state index contributed by atoms with van der Waals surface area (Å²) in [5, 5.41) is 13.3. The molecule has 150 valence electrons. The number of rotatable bonds is 4. The molecule has 2 aromatic heterocycles. The van der Waals surface area contributed by atoms with Crippen molar-refractivity contribution in [1.29, 1.82) is 0 Å². The van der Waals surface area contributed by atoms with Crippen LogP contribution >= 0.6 is 0 Å². The average molecular weight is 397 g/mol. The molecule has 0 fully saturated rings. The summed E-state index contributed by atoms with van der Waals surface area (Å²) in [6, 6.07) is 16.7. The van der Waals surface area contributed by atoms with E-state index < -0.39 is 0 Å². The highest BCUT2D eigenvalue weighted by molar-refractivity contribution is 6.76. The Morgan fingerprint density at radius 1 is 1.00 bits per heavy atom. The fraction of sp³-hybridized carbons (Fsp3) is 0.304. The van der Waals surface area contributed by atoms with Crippen molar-refractivity contribution in [2.24, 2.45) is 0 Å². The molecule has 3 aromatic rings. The number of fused-ring (bicyclic) bond motifs is 5. The van der Waals surface area contributed by atoms with Gasteiger partial charge in [-0.3, -0.25) is 4.81 Å². The zero-order valence-electron chi connectivity index (χ0n) is 17.7. The fourth-order valence-corrected chi connectivity index (χ4v) is 5.57. The van der Waals surface area contributed by atoms with E-state index in [0.29, 0.717) is 0 Å². The van der Waals surface area contributed by atoms with Crippen molar-refractivity contribution < 1.29 is 4.68 Å². The van der Waals surface area contributed by atoms with Crippen LogP contribution in [0.4, 0.5) is 23.0 Å². The van der Waals surface area contributed by atoms with E-state index in [0.717, 1.165) is 35.9 Å². The van der Waals surface area contributed by atoms with Gasteiger partial charge in [0.15, 0.2) is 5.54 Å². The zero-order chi connectivity index (χ0) is 20.9. The Balaban J connectivity index is 1.88. The summed E-state index contributed by atoms with van der Waals surface area (Å²) in [6.45, 7) is 11.2. The van der Waals surface area contributed by atoms with E-state index in [1.54, 1.807) is 6.20 Å². The Bertz CT molecular complexity index is 1110.